The van der Waals surface area contributed by atoms with E-state index in [0.29, 0.717) is 11.6 Å². The van der Waals surface area contributed by atoms with Crippen LogP contribution in [0.15, 0.2) is 34.9 Å². The standard InChI is InChI=1S/C14H15ClFNO/c1-2-6-17-9-14-12(5-7-18-14)11-4-3-10(16)8-13(11)15/h3-5,7-8,17H,2,6,9H2,1H3. The van der Waals surface area contributed by atoms with Crippen LogP contribution in [-0.2, 0) is 6.54 Å². The van der Waals surface area contributed by atoms with Crippen LogP contribution in [0, 0.1) is 5.82 Å². The molecule has 2 nitrogen and oxygen atoms in total. The van der Waals surface area contributed by atoms with Crippen LogP contribution in [0.5, 0.6) is 0 Å². The average molecular weight is 268 g/mol. The Hall–Kier alpha value is -1.32. The minimum atomic E-state index is -0.335. The predicted molar refractivity (Wildman–Crippen MR) is 71.1 cm³/mol. The molecule has 0 aliphatic carbocycles. The van der Waals surface area contributed by atoms with Crippen molar-refractivity contribution in [1.29, 1.82) is 0 Å². The average Bonchev–Trinajstić information content (AvgIpc) is 2.78. The Bertz CT molecular complexity index is 524. The first-order valence-corrected chi connectivity index (χ1v) is 6.32. The molecule has 1 heterocycles. The van der Waals surface area contributed by atoms with Gasteiger partial charge in [0.15, 0.2) is 0 Å². The molecule has 4 heteroatoms. The fourth-order valence-electron chi connectivity index (χ4n) is 1.80. The Morgan fingerprint density at radius 2 is 2.11 bits per heavy atom. The molecule has 0 saturated carbocycles. The molecule has 2 rings (SSSR count). The molecular weight excluding hydrogens is 253 g/mol. The Labute approximate surface area is 111 Å². The van der Waals surface area contributed by atoms with Crippen molar-refractivity contribution in [3.05, 3.63) is 47.1 Å². The molecule has 0 aliphatic heterocycles. The minimum absolute atomic E-state index is 0.335. The molecule has 0 amide bonds. The normalized spacial score (nSPS) is 10.8. The van der Waals surface area contributed by atoms with Gasteiger partial charge in [0.25, 0.3) is 0 Å². The number of furan rings is 1. The van der Waals surface area contributed by atoms with Gasteiger partial charge in [-0.3, -0.25) is 0 Å². The summed E-state index contributed by atoms with van der Waals surface area (Å²) in [6.45, 7) is 3.67. The van der Waals surface area contributed by atoms with Crippen molar-refractivity contribution < 1.29 is 8.81 Å². The summed E-state index contributed by atoms with van der Waals surface area (Å²) in [4.78, 5) is 0. The third-order valence-corrected chi connectivity index (χ3v) is 2.99. The molecule has 18 heavy (non-hydrogen) atoms. The summed E-state index contributed by atoms with van der Waals surface area (Å²) in [5, 5.41) is 3.66. The van der Waals surface area contributed by atoms with E-state index in [-0.39, 0.29) is 5.82 Å². The van der Waals surface area contributed by atoms with E-state index < -0.39 is 0 Å². The van der Waals surface area contributed by atoms with Crippen LogP contribution in [0.4, 0.5) is 4.39 Å². The zero-order chi connectivity index (χ0) is 13.0. The van der Waals surface area contributed by atoms with Crippen molar-refractivity contribution in [2.24, 2.45) is 0 Å². The van der Waals surface area contributed by atoms with Gasteiger partial charge in [-0.2, -0.15) is 0 Å². The van der Waals surface area contributed by atoms with Gasteiger partial charge in [0, 0.05) is 11.1 Å². The highest BCUT2D eigenvalue weighted by Gasteiger charge is 2.12. The van der Waals surface area contributed by atoms with Crippen molar-refractivity contribution in [2.45, 2.75) is 19.9 Å². The molecule has 0 atom stereocenters. The number of hydrogen-bond acceptors (Lipinski definition) is 2. The monoisotopic (exact) mass is 267 g/mol. The fraction of sp³-hybridized carbons (Fsp3) is 0.286. The second-order valence-electron chi connectivity index (χ2n) is 4.06. The number of nitrogens with one attached hydrogen (secondary N) is 1. The van der Waals surface area contributed by atoms with Gasteiger partial charge >= 0.3 is 0 Å². The smallest absolute Gasteiger partial charge is 0.125 e. The van der Waals surface area contributed by atoms with E-state index in [1.165, 1.54) is 12.1 Å². The quantitative estimate of drug-likeness (QED) is 0.820. The highest BCUT2D eigenvalue weighted by molar-refractivity contribution is 6.33. The van der Waals surface area contributed by atoms with E-state index in [9.17, 15) is 4.39 Å². The van der Waals surface area contributed by atoms with Crippen LogP contribution in [0.25, 0.3) is 11.1 Å². The molecule has 0 aliphatic rings. The fourth-order valence-corrected chi connectivity index (χ4v) is 2.07. The molecule has 1 aromatic heterocycles. The summed E-state index contributed by atoms with van der Waals surface area (Å²) in [6.07, 6.45) is 2.69. The SMILES string of the molecule is CCCNCc1occc1-c1ccc(F)cc1Cl. The van der Waals surface area contributed by atoms with E-state index in [1.807, 2.05) is 6.07 Å². The maximum Gasteiger partial charge on any atom is 0.125 e. The summed E-state index contributed by atoms with van der Waals surface area (Å²) in [6, 6.07) is 6.23. The summed E-state index contributed by atoms with van der Waals surface area (Å²) < 4.78 is 18.5. The summed E-state index contributed by atoms with van der Waals surface area (Å²) in [5.41, 5.74) is 1.70. The van der Waals surface area contributed by atoms with Gasteiger partial charge in [-0.25, -0.2) is 4.39 Å². The van der Waals surface area contributed by atoms with Crippen LogP contribution in [0.2, 0.25) is 5.02 Å². The van der Waals surface area contributed by atoms with Crippen LogP contribution >= 0.6 is 11.6 Å². The predicted octanol–water partition coefficient (Wildman–Crippen LogP) is 4.24. The first-order chi connectivity index (χ1) is 8.72. The highest BCUT2D eigenvalue weighted by atomic mass is 35.5. The molecule has 1 aromatic carbocycles. The second-order valence-corrected chi connectivity index (χ2v) is 4.47. The van der Waals surface area contributed by atoms with E-state index in [1.54, 1.807) is 12.3 Å². The number of halogens is 2. The van der Waals surface area contributed by atoms with Gasteiger partial charge in [0.05, 0.1) is 17.8 Å². The molecule has 0 unspecified atom stereocenters. The van der Waals surface area contributed by atoms with Crippen molar-refractivity contribution in [3.63, 3.8) is 0 Å². The summed E-state index contributed by atoms with van der Waals surface area (Å²) in [5.74, 6) is 0.481. The van der Waals surface area contributed by atoms with E-state index in [2.05, 4.69) is 12.2 Å². The number of rotatable bonds is 5. The maximum atomic E-state index is 13.0. The van der Waals surface area contributed by atoms with Crippen molar-refractivity contribution in [1.82, 2.24) is 5.32 Å². The minimum Gasteiger partial charge on any atom is -0.467 e. The number of benzene rings is 1. The number of hydrogen-bond donors (Lipinski definition) is 1. The van der Waals surface area contributed by atoms with Gasteiger partial charge < -0.3 is 9.73 Å². The maximum absolute atomic E-state index is 13.0. The largest absolute Gasteiger partial charge is 0.467 e. The third-order valence-electron chi connectivity index (χ3n) is 2.68. The zero-order valence-electron chi connectivity index (χ0n) is 10.2. The van der Waals surface area contributed by atoms with Crippen molar-refractivity contribution >= 4 is 11.6 Å². The van der Waals surface area contributed by atoms with Crippen molar-refractivity contribution in [2.75, 3.05) is 6.54 Å². The summed E-state index contributed by atoms with van der Waals surface area (Å²) in [7, 11) is 0. The molecule has 96 valence electrons. The van der Waals surface area contributed by atoms with Crippen LogP contribution in [0.1, 0.15) is 19.1 Å². The molecule has 0 saturated heterocycles. The lowest BCUT2D eigenvalue weighted by Crippen LogP contribution is -2.13. The second kappa shape index (κ2) is 6.03. The molecule has 0 spiro atoms. The molecule has 0 radical (unpaired) electrons. The Morgan fingerprint density at radius 3 is 2.83 bits per heavy atom. The molecule has 0 fully saturated rings. The molecular formula is C14H15ClFNO. The third kappa shape index (κ3) is 2.92. The Kier molecular flexibility index (Phi) is 4.39. The van der Waals surface area contributed by atoms with Gasteiger partial charge in [0.1, 0.15) is 11.6 Å². The van der Waals surface area contributed by atoms with Crippen molar-refractivity contribution in [3.8, 4) is 11.1 Å². The first-order valence-electron chi connectivity index (χ1n) is 5.95. The van der Waals surface area contributed by atoms with E-state index in [0.717, 1.165) is 29.9 Å². The molecule has 0 bridgehead atoms. The van der Waals surface area contributed by atoms with E-state index in [4.69, 9.17) is 16.0 Å². The lowest BCUT2D eigenvalue weighted by atomic mass is 10.1. The zero-order valence-corrected chi connectivity index (χ0v) is 10.9. The Balaban J connectivity index is 2.25. The summed E-state index contributed by atoms with van der Waals surface area (Å²) >= 11 is 6.05. The van der Waals surface area contributed by atoms with Crippen LogP contribution < -0.4 is 5.32 Å². The lowest BCUT2D eigenvalue weighted by Gasteiger charge is -2.06. The molecule has 1 N–H and O–H groups in total. The van der Waals surface area contributed by atoms with Gasteiger partial charge in [-0.1, -0.05) is 18.5 Å². The van der Waals surface area contributed by atoms with Gasteiger partial charge in [-0.15, -0.1) is 0 Å². The Morgan fingerprint density at radius 1 is 1.28 bits per heavy atom. The van der Waals surface area contributed by atoms with E-state index >= 15 is 0 Å². The highest BCUT2D eigenvalue weighted by Crippen LogP contribution is 2.31. The topological polar surface area (TPSA) is 25.2 Å². The van der Waals surface area contributed by atoms with Crippen LogP contribution in [0.3, 0.4) is 0 Å². The van der Waals surface area contributed by atoms with Gasteiger partial charge in [-0.05, 0) is 37.2 Å². The lowest BCUT2D eigenvalue weighted by molar-refractivity contribution is 0.484. The van der Waals surface area contributed by atoms with Crippen LogP contribution in [-0.4, -0.2) is 6.54 Å². The molecule has 2 aromatic rings. The first kappa shape index (κ1) is 13.1. The van der Waals surface area contributed by atoms with Gasteiger partial charge in [0.2, 0.25) is 0 Å².